The van der Waals surface area contributed by atoms with E-state index in [0.29, 0.717) is 25.0 Å². The summed E-state index contributed by atoms with van der Waals surface area (Å²) in [5.41, 5.74) is 4.79. The summed E-state index contributed by atoms with van der Waals surface area (Å²) in [6.07, 6.45) is 2.88. The van der Waals surface area contributed by atoms with Gasteiger partial charge in [-0.05, 0) is 42.2 Å². The lowest BCUT2D eigenvalue weighted by molar-refractivity contribution is -0.143. The summed E-state index contributed by atoms with van der Waals surface area (Å²) in [6, 6.07) is 17.7. The maximum Gasteiger partial charge on any atom is 0.306 e. The molecule has 4 heteroatoms. The number of aryl methyl sites for hydroxylation is 1. The number of nitriles is 1. The molecule has 0 bridgehead atoms. The van der Waals surface area contributed by atoms with E-state index >= 15 is 0 Å². The van der Waals surface area contributed by atoms with Crippen molar-refractivity contribution in [3.05, 3.63) is 59.7 Å². The van der Waals surface area contributed by atoms with Crippen molar-refractivity contribution in [2.75, 3.05) is 6.61 Å². The number of fused-ring (bicyclic) bond motifs is 1. The van der Waals surface area contributed by atoms with Crippen molar-refractivity contribution in [1.29, 1.82) is 5.26 Å². The molecule has 0 atom stereocenters. The molecule has 0 spiro atoms. The molecule has 0 aliphatic carbocycles. The van der Waals surface area contributed by atoms with Gasteiger partial charge in [-0.3, -0.25) is 4.79 Å². The van der Waals surface area contributed by atoms with E-state index in [4.69, 9.17) is 10.00 Å². The van der Waals surface area contributed by atoms with Gasteiger partial charge in [-0.1, -0.05) is 43.7 Å². The first-order valence-electron chi connectivity index (χ1n) is 8.98. The molecule has 0 saturated carbocycles. The van der Waals surface area contributed by atoms with Crippen LogP contribution in [-0.4, -0.2) is 17.6 Å². The molecule has 0 amide bonds. The van der Waals surface area contributed by atoms with Gasteiger partial charge < -0.3 is 9.72 Å². The summed E-state index contributed by atoms with van der Waals surface area (Å²) in [5.74, 6) is -0.158. The van der Waals surface area contributed by atoms with Crippen molar-refractivity contribution in [3.8, 4) is 17.3 Å². The molecule has 1 heterocycles. The maximum atomic E-state index is 12.0. The quantitative estimate of drug-likeness (QED) is 0.484. The summed E-state index contributed by atoms with van der Waals surface area (Å²) >= 11 is 0. The predicted molar refractivity (Wildman–Crippen MR) is 103 cm³/mol. The molecule has 1 N–H and O–H groups in total. The van der Waals surface area contributed by atoms with Crippen LogP contribution >= 0.6 is 0 Å². The first-order valence-corrected chi connectivity index (χ1v) is 8.98. The second kappa shape index (κ2) is 8.35. The molecule has 0 aliphatic rings. The van der Waals surface area contributed by atoms with Crippen LogP contribution in [0.4, 0.5) is 0 Å². The minimum absolute atomic E-state index is 0.158. The van der Waals surface area contributed by atoms with Crippen LogP contribution in [-0.2, 0) is 16.0 Å². The van der Waals surface area contributed by atoms with Gasteiger partial charge in [-0.2, -0.15) is 5.26 Å². The van der Waals surface area contributed by atoms with E-state index in [-0.39, 0.29) is 5.97 Å². The number of carbonyl (C=O) groups excluding carboxylic acids is 1. The minimum atomic E-state index is -0.158. The van der Waals surface area contributed by atoms with Gasteiger partial charge in [-0.15, -0.1) is 0 Å². The van der Waals surface area contributed by atoms with Crippen LogP contribution in [0, 0.1) is 11.3 Å². The lowest BCUT2D eigenvalue weighted by atomic mass is 10.0. The standard InChI is InChI=1S/C22H22N2O2/c1-2-3-14-26-21(25)13-12-19-18-6-4-5-7-20(18)24-22(19)17-10-8-16(15-23)9-11-17/h4-11,24H,2-3,12-14H2,1H3. The van der Waals surface area contributed by atoms with E-state index in [0.717, 1.165) is 40.6 Å². The first-order chi connectivity index (χ1) is 12.7. The fourth-order valence-electron chi connectivity index (χ4n) is 3.05. The Hall–Kier alpha value is -3.06. The molecule has 3 aromatic rings. The number of H-pyrrole nitrogens is 1. The Balaban J connectivity index is 1.87. The van der Waals surface area contributed by atoms with Crippen LogP contribution in [0.5, 0.6) is 0 Å². The summed E-state index contributed by atoms with van der Waals surface area (Å²) in [7, 11) is 0. The third kappa shape index (κ3) is 3.94. The predicted octanol–water partition coefficient (Wildman–Crippen LogP) is 4.98. The van der Waals surface area contributed by atoms with E-state index in [1.54, 1.807) is 0 Å². The number of aromatic amines is 1. The summed E-state index contributed by atoms with van der Waals surface area (Å²) in [6.45, 7) is 2.56. The molecule has 4 nitrogen and oxygen atoms in total. The molecule has 132 valence electrons. The average Bonchev–Trinajstić information content (AvgIpc) is 3.05. The fraction of sp³-hybridized carbons (Fsp3) is 0.273. The highest BCUT2D eigenvalue weighted by atomic mass is 16.5. The highest BCUT2D eigenvalue weighted by Gasteiger charge is 2.15. The van der Waals surface area contributed by atoms with Crippen molar-refractivity contribution < 1.29 is 9.53 Å². The third-order valence-electron chi connectivity index (χ3n) is 4.46. The lowest BCUT2D eigenvalue weighted by Gasteiger charge is -2.07. The number of aromatic nitrogens is 1. The summed E-state index contributed by atoms with van der Waals surface area (Å²) in [4.78, 5) is 15.5. The molecule has 0 aliphatic heterocycles. The Labute approximate surface area is 153 Å². The number of hydrogen-bond acceptors (Lipinski definition) is 3. The number of rotatable bonds is 7. The molecule has 0 radical (unpaired) electrons. The SMILES string of the molecule is CCCCOC(=O)CCc1c(-c2ccc(C#N)cc2)[nH]c2ccccc12. The van der Waals surface area contributed by atoms with Crippen LogP contribution in [0.2, 0.25) is 0 Å². The summed E-state index contributed by atoms with van der Waals surface area (Å²) in [5, 5.41) is 10.1. The van der Waals surface area contributed by atoms with Crippen LogP contribution in [0.1, 0.15) is 37.3 Å². The Morgan fingerprint density at radius 2 is 1.92 bits per heavy atom. The van der Waals surface area contributed by atoms with Gasteiger partial charge in [0.15, 0.2) is 0 Å². The number of nitrogens with one attached hydrogen (secondary N) is 1. The number of nitrogens with zero attached hydrogens (tertiary/aromatic N) is 1. The Morgan fingerprint density at radius 1 is 1.15 bits per heavy atom. The second-order valence-corrected chi connectivity index (χ2v) is 6.29. The number of esters is 1. The Kier molecular flexibility index (Phi) is 5.70. The topological polar surface area (TPSA) is 65.9 Å². The second-order valence-electron chi connectivity index (χ2n) is 6.29. The van der Waals surface area contributed by atoms with Crippen molar-refractivity contribution >= 4 is 16.9 Å². The molecule has 26 heavy (non-hydrogen) atoms. The van der Waals surface area contributed by atoms with Gasteiger partial charge in [-0.25, -0.2) is 0 Å². The van der Waals surface area contributed by atoms with Gasteiger partial charge in [0, 0.05) is 23.0 Å². The zero-order chi connectivity index (χ0) is 18.4. The number of para-hydroxylation sites is 1. The molecule has 3 rings (SSSR count). The highest BCUT2D eigenvalue weighted by molar-refractivity contribution is 5.91. The highest BCUT2D eigenvalue weighted by Crippen LogP contribution is 2.31. The fourth-order valence-corrected chi connectivity index (χ4v) is 3.05. The normalized spacial score (nSPS) is 10.6. The molecule has 0 unspecified atom stereocenters. The van der Waals surface area contributed by atoms with E-state index < -0.39 is 0 Å². The number of carbonyl (C=O) groups is 1. The monoisotopic (exact) mass is 346 g/mol. The number of unbranched alkanes of at least 4 members (excludes halogenated alkanes) is 1. The zero-order valence-electron chi connectivity index (χ0n) is 14.9. The van der Waals surface area contributed by atoms with Gasteiger partial charge in [0.25, 0.3) is 0 Å². The van der Waals surface area contributed by atoms with Crippen molar-refractivity contribution in [2.24, 2.45) is 0 Å². The van der Waals surface area contributed by atoms with Crippen molar-refractivity contribution in [3.63, 3.8) is 0 Å². The number of benzene rings is 2. The van der Waals surface area contributed by atoms with Crippen LogP contribution in [0.15, 0.2) is 48.5 Å². The largest absolute Gasteiger partial charge is 0.466 e. The average molecular weight is 346 g/mol. The molecule has 0 saturated heterocycles. The summed E-state index contributed by atoms with van der Waals surface area (Å²) < 4.78 is 5.28. The van der Waals surface area contributed by atoms with Gasteiger partial charge >= 0.3 is 5.97 Å². The first kappa shape index (κ1) is 17.8. The number of ether oxygens (including phenoxy) is 1. The van der Waals surface area contributed by atoms with Crippen LogP contribution in [0.3, 0.4) is 0 Å². The zero-order valence-corrected chi connectivity index (χ0v) is 14.9. The van der Waals surface area contributed by atoms with E-state index in [2.05, 4.69) is 24.0 Å². The minimum Gasteiger partial charge on any atom is -0.466 e. The number of hydrogen-bond donors (Lipinski definition) is 1. The van der Waals surface area contributed by atoms with Gasteiger partial charge in [0.2, 0.25) is 0 Å². The molecular weight excluding hydrogens is 324 g/mol. The van der Waals surface area contributed by atoms with E-state index in [9.17, 15) is 4.79 Å². The van der Waals surface area contributed by atoms with Crippen LogP contribution < -0.4 is 0 Å². The molecule has 0 fully saturated rings. The van der Waals surface area contributed by atoms with Gasteiger partial charge in [0.05, 0.1) is 18.2 Å². The Morgan fingerprint density at radius 3 is 2.65 bits per heavy atom. The van der Waals surface area contributed by atoms with Crippen LogP contribution in [0.25, 0.3) is 22.2 Å². The molecule has 2 aromatic carbocycles. The van der Waals surface area contributed by atoms with E-state index in [1.807, 2.05) is 42.5 Å². The van der Waals surface area contributed by atoms with Gasteiger partial charge in [0.1, 0.15) is 0 Å². The van der Waals surface area contributed by atoms with Crippen molar-refractivity contribution in [1.82, 2.24) is 4.98 Å². The smallest absolute Gasteiger partial charge is 0.306 e. The maximum absolute atomic E-state index is 12.0. The lowest BCUT2D eigenvalue weighted by Crippen LogP contribution is -2.07. The molecular formula is C22H22N2O2. The Bertz CT molecular complexity index is 933. The van der Waals surface area contributed by atoms with E-state index in [1.165, 1.54) is 0 Å². The molecule has 1 aromatic heterocycles. The van der Waals surface area contributed by atoms with Crippen molar-refractivity contribution in [2.45, 2.75) is 32.6 Å². The third-order valence-corrected chi connectivity index (χ3v) is 4.46.